The summed E-state index contributed by atoms with van der Waals surface area (Å²) in [5.74, 6) is 0.345. The summed E-state index contributed by atoms with van der Waals surface area (Å²) in [6, 6.07) is 12.9. The Hall–Kier alpha value is -2.79. The Kier molecular flexibility index (Phi) is 4.82. The lowest BCUT2D eigenvalue weighted by Gasteiger charge is -2.20. The molecule has 5 nitrogen and oxygen atoms in total. The highest BCUT2D eigenvalue weighted by molar-refractivity contribution is 6.31. The summed E-state index contributed by atoms with van der Waals surface area (Å²) in [5, 5.41) is 2.90. The number of allylic oxidation sites excluding steroid dienone is 1. The van der Waals surface area contributed by atoms with E-state index in [1.54, 1.807) is 12.1 Å². The monoisotopic (exact) mass is 343 g/mol. The van der Waals surface area contributed by atoms with Crippen LogP contribution in [-0.4, -0.2) is 17.9 Å². The third-order valence-electron chi connectivity index (χ3n) is 3.44. The van der Waals surface area contributed by atoms with Gasteiger partial charge in [0.05, 0.1) is 17.1 Å². The van der Waals surface area contributed by atoms with E-state index in [2.05, 4.69) is 5.32 Å². The van der Waals surface area contributed by atoms with Crippen LogP contribution in [0.25, 0.3) is 0 Å². The van der Waals surface area contributed by atoms with Crippen LogP contribution in [0.15, 0.2) is 54.4 Å². The molecule has 0 saturated carbocycles. The molecule has 0 aliphatic carbocycles. The molecule has 1 N–H and O–H groups in total. The SMILES string of the molecule is O=CC1=COc2c(cc(OCc3ccccc3)cc2C(=O)CCl)N1. The standard InChI is InChI=1S/C18H14ClNO4/c19-8-17(22)15-6-14(23-10-12-4-2-1-3-5-12)7-16-18(15)24-11-13(9-21)20-16/h1-7,9,11,20H,8,10H2. The summed E-state index contributed by atoms with van der Waals surface area (Å²) in [6.07, 6.45) is 1.88. The molecule has 122 valence electrons. The van der Waals surface area contributed by atoms with Gasteiger partial charge in [-0.1, -0.05) is 30.3 Å². The Balaban J connectivity index is 1.90. The number of hydrogen-bond donors (Lipinski definition) is 1. The van der Waals surface area contributed by atoms with Gasteiger partial charge in [0, 0.05) is 6.07 Å². The third-order valence-corrected chi connectivity index (χ3v) is 3.69. The van der Waals surface area contributed by atoms with Crippen molar-refractivity contribution in [1.29, 1.82) is 0 Å². The van der Waals surface area contributed by atoms with E-state index in [9.17, 15) is 9.59 Å². The van der Waals surface area contributed by atoms with Crippen molar-refractivity contribution in [1.82, 2.24) is 0 Å². The second-order valence-corrected chi connectivity index (χ2v) is 5.38. The minimum absolute atomic E-state index is 0.178. The van der Waals surface area contributed by atoms with Gasteiger partial charge < -0.3 is 14.8 Å². The molecule has 3 rings (SSSR count). The molecular weight excluding hydrogens is 330 g/mol. The van der Waals surface area contributed by atoms with Gasteiger partial charge in [-0.3, -0.25) is 9.59 Å². The van der Waals surface area contributed by atoms with Crippen molar-refractivity contribution in [3.63, 3.8) is 0 Å². The molecule has 0 fully saturated rings. The lowest BCUT2D eigenvalue weighted by Crippen LogP contribution is -2.13. The van der Waals surface area contributed by atoms with E-state index < -0.39 is 0 Å². The fourth-order valence-corrected chi connectivity index (χ4v) is 2.43. The molecule has 1 heterocycles. The first-order valence-electron chi connectivity index (χ1n) is 7.24. The summed E-state index contributed by atoms with van der Waals surface area (Å²) in [6.45, 7) is 0.353. The van der Waals surface area contributed by atoms with Crippen molar-refractivity contribution in [2.45, 2.75) is 6.61 Å². The number of carbonyl (C=O) groups excluding carboxylic acids is 2. The van der Waals surface area contributed by atoms with Crippen LogP contribution in [0.1, 0.15) is 15.9 Å². The molecule has 1 aliphatic heterocycles. The van der Waals surface area contributed by atoms with E-state index in [0.29, 0.717) is 35.6 Å². The average Bonchev–Trinajstić information content (AvgIpc) is 2.65. The minimum Gasteiger partial charge on any atom is -0.489 e. The maximum absolute atomic E-state index is 12.1. The lowest BCUT2D eigenvalue weighted by atomic mass is 10.1. The topological polar surface area (TPSA) is 64.6 Å². The Bertz CT molecular complexity index is 802. The molecule has 2 aromatic rings. The highest BCUT2D eigenvalue weighted by Gasteiger charge is 2.21. The van der Waals surface area contributed by atoms with Gasteiger partial charge >= 0.3 is 0 Å². The first kappa shape index (κ1) is 16.1. The largest absolute Gasteiger partial charge is 0.489 e. The summed E-state index contributed by atoms with van der Waals surface area (Å²) < 4.78 is 11.2. The molecule has 24 heavy (non-hydrogen) atoms. The zero-order chi connectivity index (χ0) is 16.9. The molecule has 6 heteroatoms. The molecule has 0 atom stereocenters. The van der Waals surface area contributed by atoms with E-state index >= 15 is 0 Å². The predicted octanol–water partition coefficient (Wildman–Crippen LogP) is 3.53. The van der Waals surface area contributed by atoms with Crippen molar-refractivity contribution in [3.8, 4) is 11.5 Å². The van der Waals surface area contributed by atoms with E-state index in [4.69, 9.17) is 21.1 Å². The number of fused-ring (bicyclic) bond motifs is 1. The van der Waals surface area contributed by atoms with Crippen molar-refractivity contribution < 1.29 is 19.1 Å². The van der Waals surface area contributed by atoms with Crippen LogP contribution in [0.5, 0.6) is 11.5 Å². The van der Waals surface area contributed by atoms with Crippen LogP contribution in [-0.2, 0) is 11.4 Å². The Morgan fingerprint density at radius 2 is 2.04 bits per heavy atom. The van der Waals surface area contributed by atoms with E-state index in [0.717, 1.165) is 5.56 Å². The van der Waals surface area contributed by atoms with Crippen LogP contribution in [0.4, 0.5) is 5.69 Å². The molecule has 0 spiro atoms. The summed E-state index contributed by atoms with van der Waals surface area (Å²) in [7, 11) is 0. The number of ketones is 1. The van der Waals surface area contributed by atoms with Crippen LogP contribution >= 0.6 is 11.6 Å². The third kappa shape index (κ3) is 3.41. The van der Waals surface area contributed by atoms with E-state index in [1.165, 1.54) is 6.26 Å². The van der Waals surface area contributed by atoms with Gasteiger partial charge in [-0.25, -0.2) is 0 Å². The number of anilines is 1. The van der Waals surface area contributed by atoms with Crippen molar-refractivity contribution in [2.75, 3.05) is 11.2 Å². The number of Topliss-reactive ketones (excluding diaryl/α,β-unsaturated/α-hetero) is 1. The first-order chi connectivity index (χ1) is 11.7. The minimum atomic E-state index is -0.289. The first-order valence-corrected chi connectivity index (χ1v) is 7.77. The van der Waals surface area contributed by atoms with E-state index in [1.807, 2.05) is 30.3 Å². The normalized spacial score (nSPS) is 12.3. The molecule has 2 aromatic carbocycles. The fourth-order valence-electron chi connectivity index (χ4n) is 2.29. The second-order valence-electron chi connectivity index (χ2n) is 5.11. The average molecular weight is 344 g/mol. The van der Waals surface area contributed by atoms with Crippen molar-refractivity contribution >= 4 is 29.4 Å². The van der Waals surface area contributed by atoms with Crippen molar-refractivity contribution in [2.24, 2.45) is 0 Å². The molecule has 0 radical (unpaired) electrons. The van der Waals surface area contributed by atoms with Gasteiger partial charge in [0.25, 0.3) is 0 Å². The second kappa shape index (κ2) is 7.19. The van der Waals surface area contributed by atoms with Gasteiger partial charge in [-0.2, -0.15) is 0 Å². The quantitative estimate of drug-likeness (QED) is 0.494. The summed E-state index contributed by atoms with van der Waals surface area (Å²) >= 11 is 5.67. The zero-order valence-corrected chi connectivity index (χ0v) is 13.4. The molecule has 0 saturated heterocycles. The number of alkyl halides is 1. The number of aldehydes is 1. The molecule has 0 unspecified atom stereocenters. The number of hydrogen-bond acceptors (Lipinski definition) is 5. The number of carbonyl (C=O) groups is 2. The number of nitrogens with one attached hydrogen (secondary N) is 1. The van der Waals surface area contributed by atoms with Crippen LogP contribution < -0.4 is 14.8 Å². The Morgan fingerprint density at radius 1 is 1.25 bits per heavy atom. The summed E-state index contributed by atoms with van der Waals surface area (Å²) in [5.41, 5.74) is 2.04. The van der Waals surface area contributed by atoms with Crippen LogP contribution in [0.3, 0.4) is 0 Å². The smallest absolute Gasteiger partial charge is 0.181 e. The molecular formula is C18H14ClNO4. The number of ether oxygens (including phenoxy) is 2. The Labute approximate surface area is 143 Å². The molecule has 0 aromatic heterocycles. The van der Waals surface area contributed by atoms with Crippen LogP contribution in [0, 0.1) is 0 Å². The van der Waals surface area contributed by atoms with Gasteiger partial charge in [-0.05, 0) is 11.6 Å². The van der Waals surface area contributed by atoms with Gasteiger partial charge in [0.1, 0.15) is 24.3 Å². The number of benzene rings is 2. The highest BCUT2D eigenvalue weighted by atomic mass is 35.5. The van der Waals surface area contributed by atoms with Gasteiger partial charge in [0.2, 0.25) is 0 Å². The number of halogens is 1. The lowest BCUT2D eigenvalue weighted by molar-refractivity contribution is -0.104. The fraction of sp³-hybridized carbons (Fsp3) is 0.111. The van der Waals surface area contributed by atoms with Crippen LogP contribution in [0.2, 0.25) is 0 Å². The molecule has 0 bridgehead atoms. The number of rotatable bonds is 6. The van der Waals surface area contributed by atoms with Gasteiger partial charge in [0.15, 0.2) is 17.8 Å². The maximum Gasteiger partial charge on any atom is 0.181 e. The summed E-state index contributed by atoms with van der Waals surface area (Å²) in [4.78, 5) is 23.0. The maximum atomic E-state index is 12.1. The molecule has 1 aliphatic rings. The predicted molar refractivity (Wildman–Crippen MR) is 90.7 cm³/mol. The van der Waals surface area contributed by atoms with E-state index in [-0.39, 0.29) is 17.4 Å². The highest BCUT2D eigenvalue weighted by Crippen LogP contribution is 2.37. The Morgan fingerprint density at radius 3 is 2.75 bits per heavy atom. The zero-order valence-electron chi connectivity index (χ0n) is 12.6. The van der Waals surface area contributed by atoms with Crippen molar-refractivity contribution in [3.05, 3.63) is 65.6 Å². The van der Waals surface area contributed by atoms with Gasteiger partial charge in [-0.15, -0.1) is 11.6 Å². The molecule has 0 amide bonds.